The van der Waals surface area contributed by atoms with E-state index < -0.39 is 28.3 Å². The molecule has 6 nitrogen and oxygen atoms in total. The zero-order chi connectivity index (χ0) is 21.6. The molecule has 0 radical (unpaired) electrons. The number of carbonyl (C=O) groups excluding carboxylic acids is 1. The smallest absolute Gasteiger partial charge is 0.253 e. The van der Waals surface area contributed by atoms with Crippen LogP contribution in [0.25, 0.3) is 0 Å². The maximum atomic E-state index is 13.1. The number of nitrogens with zero attached hydrogens (tertiary/aromatic N) is 2. The lowest BCUT2D eigenvalue weighted by Crippen LogP contribution is -2.47. The normalized spacial score (nSPS) is 11.3. The van der Waals surface area contributed by atoms with Gasteiger partial charge in [-0.1, -0.05) is 48.5 Å². The van der Waals surface area contributed by atoms with Gasteiger partial charge in [-0.05, 0) is 42.0 Å². The van der Waals surface area contributed by atoms with Crippen LogP contribution in [0.15, 0.2) is 89.8 Å². The molecular formula is C22H22FN3O3S. The standard InChI is InChI=1S/C22H22FN3O3S/c1-25(30(28,29)21-14-12-19(23)13-15-21)17-22(27)24-26(20-10-6-3-7-11-20)16-18-8-4-2-5-9-18/h2-15H,16-17H2,1H3,(H,24,27). The van der Waals surface area contributed by atoms with E-state index in [1.807, 2.05) is 60.7 Å². The molecule has 0 saturated heterocycles. The second-order valence-electron chi connectivity index (χ2n) is 6.66. The summed E-state index contributed by atoms with van der Waals surface area (Å²) in [5.41, 5.74) is 4.52. The number of hydrogen-bond donors (Lipinski definition) is 1. The summed E-state index contributed by atoms with van der Waals surface area (Å²) in [4.78, 5) is 12.6. The predicted octanol–water partition coefficient (Wildman–Crippen LogP) is 3.18. The number of para-hydroxylation sites is 1. The first-order chi connectivity index (χ1) is 14.4. The second-order valence-corrected chi connectivity index (χ2v) is 8.70. The topological polar surface area (TPSA) is 69.7 Å². The third-order valence-electron chi connectivity index (χ3n) is 4.40. The van der Waals surface area contributed by atoms with Crippen molar-refractivity contribution in [2.45, 2.75) is 11.4 Å². The van der Waals surface area contributed by atoms with Crippen molar-refractivity contribution >= 4 is 21.6 Å². The first kappa shape index (κ1) is 21.5. The van der Waals surface area contributed by atoms with E-state index in [4.69, 9.17) is 0 Å². The highest BCUT2D eigenvalue weighted by molar-refractivity contribution is 7.89. The largest absolute Gasteiger partial charge is 0.281 e. The van der Waals surface area contributed by atoms with Crippen molar-refractivity contribution in [1.29, 1.82) is 0 Å². The molecule has 156 valence electrons. The van der Waals surface area contributed by atoms with Gasteiger partial charge in [0.15, 0.2) is 0 Å². The van der Waals surface area contributed by atoms with Crippen LogP contribution in [0.5, 0.6) is 0 Å². The van der Waals surface area contributed by atoms with Gasteiger partial charge in [0.05, 0.1) is 23.7 Å². The molecule has 0 heterocycles. The lowest BCUT2D eigenvalue weighted by Gasteiger charge is -2.26. The van der Waals surface area contributed by atoms with Gasteiger partial charge >= 0.3 is 0 Å². The van der Waals surface area contributed by atoms with Crippen molar-refractivity contribution in [3.05, 3.63) is 96.3 Å². The number of nitrogens with one attached hydrogen (secondary N) is 1. The summed E-state index contributed by atoms with van der Waals surface area (Å²) in [5.74, 6) is -1.03. The number of amides is 1. The minimum atomic E-state index is -3.92. The van der Waals surface area contributed by atoms with Crippen LogP contribution in [0.4, 0.5) is 10.1 Å². The Kier molecular flexibility index (Phi) is 6.81. The molecule has 0 unspecified atom stereocenters. The molecule has 1 amide bonds. The summed E-state index contributed by atoms with van der Waals surface area (Å²) in [6, 6.07) is 23.3. The fraction of sp³-hybridized carbons (Fsp3) is 0.136. The first-order valence-corrected chi connectivity index (χ1v) is 10.7. The molecule has 0 aliphatic heterocycles. The fourth-order valence-electron chi connectivity index (χ4n) is 2.83. The average Bonchev–Trinajstić information content (AvgIpc) is 2.75. The third-order valence-corrected chi connectivity index (χ3v) is 6.22. The number of anilines is 1. The monoisotopic (exact) mass is 427 g/mol. The first-order valence-electron chi connectivity index (χ1n) is 9.24. The Hall–Kier alpha value is -3.23. The number of halogens is 1. The SMILES string of the molecule is CN(CC(=O)NN(Cc1ccccc1)c1ccccc1)S(=O)(=O)c1ccc(F)cc1. The molecule has 0 atom stereocenters. The van der Waals surface area contributed by atoms with E-state index in [0.717, 1.165) is 27.7 Å². The summed E-state index contributed by atoms with van der Waals surface area (Å²) >= 11 is 0. The highest BCUT2D eigenvalue weighted by atomic mass is 32.2. The minimum absolute atomic E-state index is 0.0802. The summed E-state index contributed by atoms with van der Waals surface area (Å²) in [7, 11) is -2.61. The molecule has 0 fully saturated rings. The van der Waals surface area contributed by atoms with E-state index in [1.54, 1.807) is 5.01 Å². The van der Waals surface area contributed by atoms with Crippen LogP contribution in [0.3, 0.4) is 0 Å². The molecule has 3 rings (SSSR count). The summed E-state index contributed by atoms with van der Waals surface area (Å²) in [6.45, 7) is 0.0167. The van der Waals surface area contributed by atoms with E-state index in [-0.39, 0.29) is 4.90 Å². The van der Waals surface area contributed by atoms with Gasteiger partial charge in [0.1, 0.15) is 5.82 Å². The van der Waals surface area contributed by atoms with Crippen molar-refractivity contribution in [1.82, 2.24) is 9.73 Å². The Morgan fingerprint density at radius 2 is 1.47 bits per heavy atom. The van der Waals surface area contributed by atoms with Gasteiger partial charge in [-0.3, -0.25) is 15.2 Å². The van der Waals surface area contributed by atoms with Crippen LogP contribution in [-0.4, -0.2) is 32.2 Å². The van der Waals surface area contributed by atoms with E-state index in [1.165, 1.54) is 19.2 Å². The Balaban J connectivity index is 1.73. The van der Waals surface area contributed by atoms with Crippen LogP contribution in [-0.2, 0) is 21.4 Å². The van der Waals surface area contributed by atoms with Gasteiger partial charge in [0.2, 0.25) is 10.0 Å². The highest BCUT2D eigenvalue weighted by Crippen LogP contribution is 2.16. The Morgan fingerprint density at radius 1 is 0.900 bits per heavy atom. The number of hydrazine groups is 1. The molecule has 0 aliphatic rings. The zero-order valence-electron chi connectivity index (χ0n) is 16.4. The van der Waals surface area contributed by atoms with Gasteiger partial charge < -0.3 is 0 Å². The number of rotatable bonds is 8. The fourth-order valence-corrected chi connectivity index (χ4v) is 3.96. The van der Waals surface area contributed by atoms with Crippen LogP contribution in [0, 0.1) is 5.82 Å². The maximum Gasteiger partial charge on any atom is 0.253 e. The van der Waals surface area contributed by atoms with E-state index in [0.29, 0.717) is 6.54 Å². The lowest BCUT2D eigenvalue weighted by atomic mass is 10.2. The Labute approximate surface area is 175 Å². The van der Waals surface area contributed by atoms with E-state index >= 15 is 0 Å². The molecule has 30 heavy (non-hydrogen) atoms. The van der Waals surface area contributed by atoms with Gasteiger partial charge in [-0.2, -0.15) is 4.31 Å². The van der Waals surface area contributed by atoms with Crippen molar-refractivity contribution < 1.29 is 17.6 Å². The van der Waals surface area contributed by atoms with Gasteiger partial charge in [-0.25, -0.2) is 12.8 Å². The Morgan fingerprint density at radius 3 is 2.07 bits per heavy atom. The van der Waals surface area contributed by atoms with Crippen LogP contribution < -0.4 is 10.4 Å². The molecule has 0 aromatic heterocycles. The Bertz CT molecular complexity index is 1080. The lowest BCUT2D eigenvalue weighted by molar-refractivity contribution is -0.121. The summed E-state index contributed by atoms with van der Waals surface area (Å²) in [5, 5.41) is 1.66. The van der Waals surface area contributed by atoms with Gasteiger partial charge in [0, 0.05) is 7.05 Å². The number of sulfonamides is 1. The molecule has 8 heteroatoms. The average molecular weight is 428 g/mol. The van der Waals surface area contributed by atoms with E-state index in [2.05, 4.69) is 5.43 Å². The minimum Gasteiger partial charge on any atom is -0.281 e. The van der Waals surface area contributed by atoms with Crippen LogP contribution in [0.2, 0.25) is 0 Å². The van der Waals surface area contributed by atoms with E-state index in [9.17, 15) is 17.6 Å². The number of carbonyl (C=O) groups is 1. The van der Waals surface area contributed by atoms with Crippen molar-refractivity contribution in [3.8, 4) is 0 Å². The quantitative estimate of drug-likeness (QED) is 0.561. The predicted molar refractivity (Wildman–Crippen MR) is 113 cm³/mol. The molecule has 3 aromatic carbocycles. The number of hydrogen-bond acceptors (Lipinski definition) is 4. The zero-order valence-corrected chi connectivity index (χ0v) is 17.2. The van der Waals surface area contributed by atoms with Crippen LogP contribution >= 0.6 is 0 Å². The summed E-state index contributed by atoms with van der Waals surface area (Å²) in [6.07, 6.45) is 0. The maximum absolute atomic E-state index is 13.1. The number of benzene rings is 3. The molecule has 3 aromatic rings. The van der Waals surface area contributed by atoms with Crippen molar-refractivity contribution in [3.63, 3.8) is 0 Å². The van der Waals surface area contributed by atoms with Gasteiger partial charge in [0.25, 0.3) is 5.91 Å². The van der Waals surface area contributed by atoms with Crippen molar-refractivity contribution in [2.75, 3.05) is 18.6 Å². The molecule has 0 spiro atoms. The molecule has 1 N–H and O–H groups in total. The molecule has 0 bridgehead atoms. The summed E-state index contributed by atoms with van der Waals surface area (Å²) < 4.78 is 39.3. The third kappa shape index (κ3) is 5.43. The molecular weight excluding hydrogens is 405 g/mol. The molecule has 0 aliphatic carbocycles. The van der Waals surface area contributed by atoms with Crippen molar-refractivity contribution in [2.24, 2.45) is 0 Å². The van der Waals surface area contributed by atoms with Crippen LogP contribution in [0.1, 0.15) is 5.56 Å². The number of likely N-dealkylation sites (N-methyl/N-ethyl adjacent to an activating group) is 1. The molecule has 0 saturated carbocycles. The second kappa shape index (κ2) is 9.51. The van der Waals surface area contributed by atoms with Gasteiger partial charge in [-0.15, -0.1) is 0 Å². The highest BCUT2D eigenvalue weighted by Gasteiger charge is 2.24.